The zero-order valence-corrected chi connectivity index (χ0v) is 11.5. The van der Waals surface area contributed by atoms with Gasteiger partial charge in [0.15, 0.2) is 0 Å². The highest BCUT2D eigenvalue weighted by Crippen LogP contribution is 2.22. The summed E-state index contributed by atoms with van der Waals surface area (Å²) >= 11 is 0. The van der Waals surface area contributed by atoms with Crippen molar-refractivity contribution in [2.45, 2.75) is 13.1 Å². The Bertz CT molecular complexity index is 700. The predicted molar refractivity (Wildman–Crippen MR) is 82.2 cm³/mol. The van der Waals surface area contributed by atoms with E-state index in [1.54, 1.807) is 0 Å². The highest BCUT2D eigenvalue weighted by Gasteiger charge is 2.08. The van der Waals surface area contributed by atoms with E-state index in [1.807, 2.05) is 36.6 Å². The van der Waals surface area contributed by atoms with Gasteiger partial charge in [0, 0.05) is 29.7 Å². The molecule has 0 aliphatic heterocycles. The summed E-state index contributed by atoms with van der Waals surface area (Å²) in [5, 5.41) is 1.19. The number of para-hydroxylation sites is 1. The molecule has 0 fully saturated rings. The molecule has 2 aromatic carbocycles. The van der Waals surface area contributed by atoms with E-state index in [0.717, 1.165) is 24.4 Å². The lowest BCUT2D eigenvalue weighted by Crippen LogP contribution is -2.16. The summed E-state index contributed by atoms with van der Waals surface area (Å²) in [5.74, 6) is 0. The molecular formula is C17H18N2O. The number of hydrogen-bond acceptors (Lipinski definition) is 3. The van der Waals surface area contributed by atoms with Gasteiger partial charge in [0.2, 0.25) is 0 Å². The highest BCUT2D eigenvalue weighted by molar-refractivity contribution is 5.80. The van der Waals surface area contributed by atoms with Crippen LogP contribution in [-0.4, -0.2) is 11.9 Å². The van der Waals surface area contributed by atoms with Crippen LogP contribution < -0.4 is 5.73 Å². The maximum absolute atomic E-state index is 5.70. The third kappa shape index (κ3) is 2.68. The van der Waals surface area contributed by atoms with E-state index in [9.17, 15) is 0 Å². The molecule has 0 aliphatic rings. The summed E-state index contributed by atoms with van der Waals surface area (Å²) in [6.45, 7) is 1.75. The Morgan fingerprint density at radius 1 is 1.00 bits per heavy atom. The van der Waals surface area contributed by atoms with Crippen LogP contribution in [0.5, 0.6) is 0 Å². The van der Waals surface area contributed by atoms with Gasteiger partial charge in [0.05, 0.1) is 6.26 Å². The van der Waals surface area contributed by atoms with Gasteiger partial charge in [-0.2, -0.15) is 0 Å². The monoisotopic (exact) mass is 266 g/mol. The van der Waals surface area contributed by atoms with Crippen molar-refractivity contribution in [3.05, 3.63) is 65.9 Å². The molecular weight excluding hydrogens is 248 g/mol. The average molecular weight is 266 g/mol. The van der Waals surface area contributed by atoms with Crippen molar-refractivity contribution >= 4 is 16.7 Å². The second kappa shape index (κ2) is 5.39. The van der Waals surface area contributed by atoms with E-state index in [1.165, 1.54) is 16.5 Å². The molecule has 20 heavy (non-hydrogen) atoms. The molecule has 102 valence electrons. The van der Waals surface area contributed by atoms with Gasteiger partial charge in [0.25, 0.3) is 0 Å². The molecule has 0 amide bonds. The fourth-order valence-electron chi connectivity index (χ4n) is 2.44. The highest BCUT2D eigenvalue weighted by atomic mass is 16.3. The first-order chi connectivity index (χ1) is 9.72. The van der Waals surface area contributed by atoms with E-state index < -0.39 is 0 Å². The van der Waals surface area contributed by atoms with Gasteiger partial charge >= 0.3 is 0 Å². The normalized spacial score (nSPS) is 11.3. The first-order valence-electron chi connectivity index (χ1n) is 6.70. The number of hydrogen-bond donors (Lipinski definition) is 1. The number of nitrogens with two attached hydrogens (primary N) is 1. The quantitative estimate of drug-likeness (QED) is 0.733. The zero-order chi connectivity index (χ0) is 13.9. The van der Waals surface area contributed by atoms with Crippen LogP contribution >= 0.6 is 0 Å². The van der Waals surface area contributed by atoms with Crippen LogP contribution in [0.3, 0.4) is 0 Å². The smallest absolute Gasteiger partial charge is 0.134 e. The third-order valence-corrected chi connectivity index (χ3v) is 3.43. The summed E-state index contributed by atoms with van der Waals surface area (Å²) in [6.07, 6.45) is 1.85. The van der Waals surface area contributed by atoms with Crippen LogP contribution in [0.1, 0.15) is 11.1 Å². The van der Waals surface area contributed by atoms with Gasteiger partial charge in [-0.15, -0.1) is 0 Å². The lowest BCUT2D eigenvalue weighted by molar-refractivity contribution is 0.319. The molecule has 0 radical (unpaired) electrons. The van der Waals surface area contributed by atoms with Gasteiger partial charge in [-0.05, 0) is 30.8 Å². The minimum Gasteiger partial charge on any atom is -0.464 e. The summed E-state index contributed by atoms with van der Waals surface area (Å²) < 4.78 is 5.57. The van der Waals surface area contributed by atoms with Gasteiger partial charge in [-0.3, -0.25) is 4.90 Å². The Kier molecular flexibility index (Phi) is 3.44. The minimum atomic E-state index is 0.803. The van der Waals surface area contributed by atoms with Crippen molar-refractivity contribution in [1.29, 1.82) is 0 Å². The first kappa shape index (κ1) is 12.8. The number of furan rings is 1. The lowest BCUT2D eigenvalue weighted by atomic mass is 10.1. The summed E-state index contributed by atoms with van der Waals surface area (Å²) in [5.41, 5.74) is 9.93. The van der Waals surface area contributed by atoms with Crippen molar-refractivity contribution in [3.63, 3.8) is 0 Å². The van der Waals surface area contributed by atoms with E-state index >= 15 is 0 Å². The molecule has 0 aliphatic carbocycles. The maximum atomic E-state index is 5.70. The van der Waals surface area contributed by atoms with Crippen molar-refractivity contribution in [2.24, 2.45) is 0 Å². The average Bonchev–Trinajstić information content (AvgIpc) is 2.85. The topological polar surface area (TPSA) is 42.4 Å². The molecule has 2 N–H and O–H groups in total. The minimum absolute atomic E-state index is 0.803. The van der Waals surface area contributed by atoms with E-state index in [0.29, 0.717) is 0 Å². The summed E-state index contributed by atoms with van der Waals surface area (Å²) in [4.78, 5) is 2.27. The van der Waals surface area contributed by atoms with E-state index in [-0.39, 0.29) is 0 Å². The Morgan fingerprint density at radius 2 is 1.75 bits per heavy atom. The molecule has 3 nitrogen and oxygen atoms in total. The molecule has 3 heteroatoms. The fraction of sp³-hybridized carbons (Fsp3) is 0.176. The Balaban J connectivity index is 1.72. The van der Waals surface area contributed by atoms with Crippen LogP contribution in [0.25, 0.3) is 11.0 Å². The first-order valence-corrected chi connectivity index (χ1v) is 6.70. The van der Waals surface area contributed by atoms with E-state index in [4.69, 9.17) is 10.2 Å². The Hall–Kier alpha value is -2.26. The number of benzene rings is 2. The molecule has 0 saturated carbocycles. The van der Waals surface area contributed by atoms with Gasteiger partial charge in [-0.25, -0.2) is 0 Å². The molecule has 1 heterocycles. The molecule has 0 bridgehead atoms. The fourth-order valence-corrected chi connectivity index (χ4v) is 2.44. The zero-order valence-electron chi connectivity index (χ0n) is 11.5. The number of nitrogen functional groups attached to an aromatic ring is 1. The molecule has 1 aromatic heterocycles. The van der Waals surface area contributed by atoms with Crippen LogP contribution in [0.15, 0.2) is 59.2 Å². The third-order valence-electron chi connectivity index (χ3n) is 3.43. The van der Waals surface area contributed by atoms with Crippen LogP contribution in [0, 0.1) is 0 Å². The van der Waals surface area contributed by atoms with Crippen LogP contribution in [0.4, 0.5) is 5.69 Å². The molecule has 0 spiro atoms. The van der Waals surface area contributed by atoms with E-state index in [2.05, 4.69) is 30.1 Å². The number of anilines is 1. The van der Waals surface area contributed by atoms with Crippen LogP contribution in [-0.2, 0) is 13.1 Å². The standard InChI is InChI=1S/C17H18N2O/c1-19(10-13-6-8-15(18)9-7-13)11-14-12-20-17-5-3-2-4-16(14)17/h2-9,12H,10-11,18H2,1H3. The maximum Gasteiger partial charge on any atom is 0.134 e. The second-order valence-corrected chi connectivity index (χ2v) is 5.17. The van der Waals surface area contributed by atoms with Crippen molar-refractivity contribution in [2.75, 3.05) is 12.8 Å². The number of nitrogens with zero attached hydrogens (tertiary/aromatic N) is 1. The Labute approximate surface area is 118 Å². The predicted octanol–water partition coefficient (Wildman–Crippen LogP) is 3.65. The van der Waals surface area contributed by atoms with Gasteiger partial charge in [-0.1, -0.05) is 30.3 Å². The lowest BCUT2D eigenvalue weighted by Gasteiger charge is -2.16. The SMILES string of the molecule is CN(Cc1ccc(N)cc1)Cc1coc2ccccc12. The number of rotatable bonds is 4. The molecule has 3 rings (SSSR count). The summed E-state index contributed by atoms with van der Waals surface area (Å²) in [7, 11) is 2.11. The second-order valence-electron chi connectivity index (χ2n) is 5.17. The van der Waals surface area contributed by atoms with Gasteiger partial charge in [0.1, 0.15) is 5.58 Å². The molecule has 3 aromatic rings. The molecule has 0 unspecified atom stereocenters. The largest absolute Gasteiger partial charge is 0.464 e. The van der Waals surface area contributed by atoms with Crippen molar-refractivity contribution < 1.29 is 4.42 Å². The van der Waals surface area contributed by atoms with Crippen molar-refractivity contribution in [1.82, 2.24) is 4.90 Å². The molecule has 0 atom stereocenters. The van der Waals surface area contributed by atoms with Crippen LogP contribution in [0.2, 0.25) is 0 Å². The molecule has 0 saturated heterocycles. The summed E-state index contributed by atoms with van der Waals surface area (Å²) in [6, 6.07) is 16.2. The number of fused-ring (bicyclic) bond motifs is 1. The van der Waals surface area contributed by atoms with Crippen molar-refractivity contribution in [3.8, 4) is 0 Å². The van der Waals surface area contributed by atoms with Gasteiger partial charge < -0.3 is 10.2 Å². The Morgan fingerprint density at radius 3 is 2.55 bits per heavy atom.